The molecule has 2 aromatic heterocycles. The van der Waals surface area contributed by atoms with Gasteiger partial charge in [-0.25, -0.2) is 13.1 Å². The third-order valence-electron chi connectivity index (χ3n) is 2.36. The van der Waals surface area contributed by atoms with Gasteiger partial charge in [0.15, 0.2) is 5.76 Å². The Morgan fingerprint density at radius 3 is 2.95 bits per heavy atom. The minimum Gasteiger partial charge on any atom is -0.394 e. The molecule has 19 heavy (non-hydrogen) atoms. The monoisotopic (exact) mass is 286 g/mol. The smallest absolute Gasteiger partial charge is 0.244 e. The topological polar surface area (TPSA) is 110 Å². The van der Waals surface area contributed by atoms with Gasteiger partial charge in [-0.05, 0) is 6.92 Å². The third-order valence-corrected chi connectivity index (χ3v) is 3.72. The van der Waals surface area contributed by atoms with Crippen LogP contribution >= 0.6 is 0 Å². The van der Waals surface area contributed by atoms with E-state index in [4.69, 9.17) is 9.63 Å². The number of hydrogen-bond donors (Lipinski definition) is 2. The van der Waals surface area contributed by atoms with Crippen molar-refractivity contribution in [1.29, 1.82) is 0 Å². The molecule has 2 heterocycles. The van der Waals surface area contributed by atoms with Crippen LogP contribution < -0.4 is 4.72 Å². The van der Waals surface area contributed by atoms with Crippen LogP contribution in [0.25, 0.3) is 0 Å². The average Bonchev–Trinajstić information content (AvgIpc) is 2.97. The van der Waals surface area contributed by atoms with E-state index in [1.807, 2.05) is 0 Å². The van der Waals surface area contributed by atoms with Gasteiger partial charge in [-0.3, -0.25) is 4.68 Å². The van der Waals surface area contributed by atoms with Crippen LogP contribution in [0.4, 0.5) is 0 Å². The Labute approximate surface area is 110 Å². The largest absolute Gasteiger partial charge is 0.394 e. The summed E-state index contributed by atoms with van der Waals surface area (Å²) in [7, 11) is -3.65. The van der Waals surface area contributed by atoms with Crippen LogP contribution in [-0.4, -0.2) is 35.1 Å². The van der Waals surface area contributed by atoms with E-state index in [9.17, 15) is 8.42 Å². The van der Waals surface area contributed by atoms with Crippen molar-refractivity contribution in [2.45, 2.75) is 24.9 Å². The van der Waals surface area contributed by atoms with Crippen LogP contribution in [-0.2, 0) is 23.1 Å². The van der Waals surface area contributed by atoms with E-state index in [-0.39, 0.29) is 24.6 Å². The first-order valence-corrected chi connectivity index (χ1v) is 7.05. The highest BCUT2D eigenvalue weighted by atomic mass is 32.2. The fourth-order valence-electron chi connectivity index (χ4n) is 1.46. The van der Waals surface area contributed by atoms with Gasteiger partial charge in [-0.15, -0.1) is 0 Å². The maximum Gasteiger partial charge on any atom is 0.244 e. The van der Waals surface area contributed by atoms with Crippen molar-refractivity contribution in [3.63, 3.8) is 0 Å². The highest BCUT2D eigenvalue weighted by molar-refractivity contribution is 7.89. The number of aliphatic hydroxyl groups excluding tert-OH is 1. The van der Waals surface area contributed by atoms with E-state index in [0.29, 0.717) is 11.5 Å². The van der Waals surface area contributed by atoms with Crippen molar-refractivity contribution in [2.24, 2.45) is 0 Å². The highest BCUT2D eigenvalue weighted by Crippen LogP contribution is 2.09. The predicted molar refractivity (Wildman–Crippen MR) is 64.6 cm³/mol. The second kappa shape index (κ2) is 5.51. The maximum atomic E-state index is 11.9. The number of aliphatic hydroxyl groups is 1. The van der Waals surface area contributed by atoms with Crippen LogP contribution in [0.5, 0.6) is 0 Å². The molecule has 0 fully saturated rings. The molecule has 0 radical (unpaired) electrons. The van der Waals surface area contributed by atoms with Gasteiger partial charge in [0.05, 0.1) is 31.6 Å². The Kier molecular flexibility index (Phi) is 3.98. The van der Waals surface area contributed by atoms with Gasteiger partial charge in [-0.1, -0.05) is 5.16 Å². The summed E-state index contributed by atoms with van der Waals surface area (Å²) in [5.41, 5.74) is 0.685. The van der Waals surface area contributed by atoms with Crippen molar-refractivity contribution in [2.75, 3.05) is 6.61 Å². The van der Waals surface area contributed by atoms with Gasteiger partial charge in [0.25, 0.3) is 0 Å². The standard InChI is InChI=1S/C10H14N4O4S/c1-8-4-9(18-13-8)5-12-19(16,17)10-6-11-14(7-10)2-3-15/h4,6-7,12,15H,2-3,5H2,1H3. The Morgan fingerprint density at radius 1 is 1.53 bits per heavy atom. The number of nitrogens with zero attached hydrogens (tertiary/aromatic N) is 3. The molecule has 2 N–H and O–H groups in total. The molecule has 0 saturated carbocycles. The van der Waals surface area contributed by atoms with E-state index in [1.54, 1.807) is 13.0 Å². The lowest BCUT2D eigenvalue weighted by Crippen LogP contribution is -2.22. The van der Waals surface area contributed by atoms with Crippen LogP contribution in [0.1, 0.15) is 11.5 Å². The van der Waals surface area contributed by atoms with Crippen molar-refractivity contribution in [3.05, 3.63) is 29.9 Å². The summed E-state index contributed by atoms with van der Waals surface area (Å²) < 4.78 is 32.5. The molecule has 0 spiro atoms. The van der Waals surface area contributed by atoms with Gasteiger partial charge in [0.2, 0.25) is 10.0 Å². The van der Waals surface area contributed by atoms with Gasteiger partial charge >= 0.3 is 0 Å². The second-order valence-electron chi connectivity index (χ2n) is 3.92. The summed E-state index contributed by atoms with van der Waals surface area (Å²) in [5, 5.41) is 16.2. The summed E-state index contributed by atoms with van der Waals surface area (Å²) in [6, 6.07) is 1.65. The van der Waals surface area contributed by atoms with Gasteiger partial charge in [0, 0.05) is 12.3 Å². The van der Waals surface area contributed by atoms with E-state index in [2.05, 4.69) is 15.0 Å². The van der Waals surface area contributed by atoms with E-state index in [1.165, 1.54) is 17.1 Å². The maximum absolute atomic E-state index is 11.9. The summed E-state index contributed by atoms with van der Waals surface area (Å²) >= 11 is 0. The molecule has 0 atom stereocenters. The molecule has 104 valence electrons. The minimum absolute atomic E-state index is 0.0222. The molecule has 0 aliphatic rings. The zero-order chi connectivity index (χ0) is 13.9. The first-order chi connectivity index (χ1) is 9.01. The number of aryl methyl sites for hydroxylation is 1. The Hall–Kier alpha value is -1.71. The quantitative estimate of drug-likeness (QED) is 0.751. The molecule has 0 aliphatic carbocycles. The molecular formula is C10H14N4O4S. The van der Waals surface area contributed by atoms with Gasteiger partial charge in [-0.2, -0.15) is 5.10 Å². The van der Waals surface area contributed by atoms with Gasteiger partial charge < -0.3 is 9.63 Å². The Bertz CT molecular complexity index is 646. The molecule has 0 aromatic carbocycles. The van der Waals surface area contributed by atoms with Crippen molar-refractivity contribution < 1.29 is 18.0 Å². The number of sulfonamides is 1. The SMILES string of the molecule is Cc1cc(CNS(=O)(=O)c2cnn(CCO)c2)on1. The molecule has 0 bridgehead atoms. The number of rotatable bonds is 6. The zero-order valence-electron chi connectivity index (χ0n) is 10.3. The predicted octanol–water partition coefficient (Wildman–Crippen LogP) is -0.350. The lowest BCUT2D eigenvalue weighted by atomic mass is 10.4. The van der Waals surface area contributed by atoms with Crippen LogP contribution in [0, 0.1) is 6.92 Å². The number of nitrogens with one attached hydrogen (secondary N) is 1. The van der Waals surface area contributed by atoms with E-state index in [0.717, 1.165) is 0 Å². The molecule has 9 heteroatoms. The fraction of sp³-hybridized carbons (Fsp3) is 0.400. The van der Waals surface area contributed by atoms with Crippen LogP contribution in [0.15, 0.2) is 27.9 Å². The number of hydrogen-bond acceptors (Lipinski definition) is 6. The molecule has 2 rings (SSSR count). The third kappa shape index (κ3) is 3.40. The minimum atomic E-state index is -3.65. The first kappa shape index (κ1) is 13.7. The van der Waals surface area contributed by atoms with E-state index >= 15 is 0 Å². The first-order valence-electron chi connectivity index (χ1n) is 5.56. The molecule has 0 aliphatic heterocycles. The van der Waals surface area contributed by atoms with Crippen molar-refractivity contribution in [1.82, 2.24) is 19.7 Å². The highest BCUT2D eigenvalue weighted by Gasteiger charge is 2.17. The average molecular weight is 286 g/mol. The van der Waals surface area contributed by atoms with Crippen LogP contribution in [0.2, 0.25) is 0 Å². The lowest BCUT2D eigenvalue weighted by molar-refractivity contribution is 0.269. The van der Waals surface area contributed by atoms with Crippen LogP contribution in [0.3, 0.4) is 0 Å². The Balaban J connectivity index is 2.04. The molecule has 8 nitrogen and oxygen atoms in total. The van der Waals surface area contributed by atoms with Crippen molar-refractivity contribution in [3.8, 4) is 0 Å². The summed E-state index contributed by atoms with van der Waals surface area (Å²) in [6.45, 7) is 1.91. The molecule has 0 amide bonds. The summed E-state index contributed by atoms with van der Waals surface area (Å²) in [5.74, 6) is 0.434. The summed E-state index contributed by atoms with van der Waals surface area (Å²) in [4.78, 5) is 0.0391. The van der Waals surface area contributed by atoms with E-state index < -0.39 is 10.0 Å². The molecule has 0 saturated heterocycles. The molecular weight excluding hydrogens is 272 g/mol. The van der Waals surface area contributed by atoms with Gasteiger partial charge in [0.1, 0.15) is 4.90 Å². The fourth-order valence-corrected chi connectivity index (χ4v) is 2.40. The lowest BCUT2D eigenvalue weighted by Gasteiger charge is -2.01. The Morgan fingerprint density at radius 2 is 2.32 bits per heavy atom. The number of aromatic nitrogens is 3. The molecule has 2 aromatic rings. The normalized spacial score (nSPS) is 11.9. The van der Waals surface area contributed by atoms with Crippen molar-refractivity contribution >= 4 is 10.0 Å². The molecule has 0 unspecified atom stereocenters. The zero-order valence-corrected chi connectivity index (χ0v) is 11.1. The summed E-state index contributed by atoms with van der Waals surface area (Å²) in [6.07, 6.45) is 2.58. The second-order valence-corrected chi connectivity index (χ2v) is 5.69.